The smallest absolute Gasteiger partial charge is 0.242 e. The van der Waals surface area contributed by atoms with E-state index in [0.717, 1.165) is 6.42 Å². The summed E-state index contributed by atoms with van der Waals surface area (Å²) in [7, 11) is -2.02. The van der Waals surface area contributed by atoms with Crippen molar-refractivity contribution in [1.82, 2.24) is 4.72 Å². The maximum atomic E-state index is 12.1. The van der Waals surface area contributed by atoms with Gasteiger partial charge in [-0.2, -0.15) is 0 Å². The van der Waals surface area contributed by atoms with E-state index in [-0.39, 0.29) is 14.9 Å². The molecule has 8 heteroatoms. The second-order valence-electron chi connectivity index (χ2n) is 4.11. The Bertz CT molecular complexity index is 576. The minimum atomic E-state index is -3.63. The molecule has 112 valence electrons. The van der Waals surface area contributed by atoms with Crippen molar-refractivity contribution >= 4 is 38.8 Å². The molecule has 0 aromatic heterocycles. The van der Waals surface area contributed by atoms with E-state index in [0.29, 0.717) is 25.1 Å². The Morgan fingerprint density at radius 2 is 2.15 bits per heavy atom. The number of thiocarbonyl (C=S) groups is 1. The number of nitrogens with two attached hydrogens (primary N) is 1. The van der Waals surface area contributed by atoms with E-state index >= 15 is 0 Å². The average Bonchev–Trinajstić information content (AvgIpc) is 2.37. The second kappa shape index (κ2) is 7.90. The molecule has 0 atom stereocenters. The van der Waals surface area contributed by atoms with Crippen LogP contribution in [0.5, 0.6) is 0 Å². The van der Waals surface area contributed by atoms with Gasteiger partial charge in [-0.3, -0.25) is 0 Å². The van der Waals surface area contributed by atoms with Gasteiger partial charge in [0, 0.05) is 25.8 Å². The molecule has 0 spiro atoms. The lowest BCUT2D eigenvalue weighted by molar-refractivity contribution is 0.193. The first-order valence-corrected chi connectivity index (χ1v) is 8.23. The molecule has 0 saturated heterocycles. The summed E-state index contributed by atoms with van der Waals surface area (Å²) in [5, 5.41) is 0.0969. The van der Waals surface area contributed by atoms with E-state index in [1.807, 2.05) is 0 Å². The van der Waals surface area contributed by atoms with Gasteiger partial charge < -0.3 is 10.5 Å². The zero-order valence-corrected chi connectivity index (χ0v) is 13.4. The monoisotopic (exact) mass is 336 g/mol. The minimum absolute atomic E-state index is 0.0194. The zero-order chi connectivity index (χ0) is 15.2. The molecular weight excluding hydrogens is 320 g/mol. The molecule has 0 heterocycles. The Kier molecular flexibility index (Phi) is 6.84. The quantitative estimate of drug-likeness (QED) is 0.557. The summed E-state index contributed by atoms with van der Waals surface area (Å²) >= 11 is 10.8. The van der Waals surface area contributed by atoms with Crippen LogP contribution >= 0.6 is 23.8 Å². The molecule has 3 N–H and O–H groups in total. The maximum absolute atomic E-state index is 12.1. The highest BCUT2D eigenvalue weighted by Gasteiger charge is 2.17. The van der Waals surface area contributed by atoms with Gasteiger partial charge >= 0.3 is 0 Å². The van der Waals surface area contributed by atoms with Gasteiger partial charge in [0.15, 0.2) is 0 Å². The molecule has 1 aromatic carbocycles. The molecule has 5 nitrogen and oxygen atoms in total. The molecular formula is C12H17ClN2O3S2. The Morgan fingerprint density at radius 1 is 1.45 bits per heavy atom. The second-order valence-corrected chi connectivity index (χ2v) is 6.69. The number of nitrogens with one attached hydrogen (secondary N) is 1. The van der Waals surface area contributed by atoms with Crippen LogP contribution in [0.3, 0.4) is 0 Å². The number of methoxy groups -OCH3 is 1. The van der Waals surface area contributed by atoms with Crippen LogP contribution in [-0.4, -0.2) is 33.7 Å². The number of rotatable bonds is 8. The highest BCUT2D eigenvalue weighted by atomic mass is 35.5. The number of ether oxygens (including phenoxy) is 1. The van der Waals surface area contributed by atoms with Crippen LogP contribution in [0.15, 0.2) is 23.1 Å². The first-order chi connectivity index (χ1) is 9.38. The summed E-state index contributed by atoms with van der Waals surface area (Å²) in [6.07, 6.45) is 1.47. The lowest BCUT2D eigenvalue weighted by Gasteiger charge is -2.09. The standard InChI is InChI=1S/C12H17ClN2O3S2/c1-18-7-3-2-6-15-20(16,17)11-5-4-9(12(14)19)8-10(11)13/h4-5,8,15H,2-3,6-7H2,1H3,(H2,14,19). The molecule has 0 unspecified atom stereocenters. The summed E-state index contributed by atoms with van der Waals surface area (Å²) in [5.74, 6) is 0. The molecule has 0 bridgehead atoms. The van der Waals surface area contributed by atoms with Crippen molar-refractivity contribution in [3.8, 4) is 0 Å². The van der Waals surface area contributed by atoms with E-state index in [9.17, 15) is 8.42 Å². The van der Waals surface area contributed by atoms with Crippen molar-refractivity contribution in [1.29, 1.82) is 0 Å². The van der Waals surface area contributed by atoms with Gasteiger partial charge in [-0.25, -0.2) is 13.1 Å². The molecule has 0 radical (unpaired) electrons. The maximum Gasteiger partial charge on any atom is 0.242 e. The van der Waals surface area contributed by atoms with Gasteiger partial charge in [-0.15, -0.1) is 0 Å². The normalized spacial score (nSPS) is 11.5. The van der Waals surface area contributed by atoms with Gasteiger partial charge in [-0.05, 0) is 25.0 Å². The van der Waals surface area contributed by atoms with Crippen LogP contribution in [0.25, 0.3) is 0 Å². The predicted molar refractivity (Wildman–Crippen MR) is 83.6 cm³/mol. The van der Waals surface area contributed by atoms with Crippen LogP contribution in [0.2, 0.25) is 5.02 Å². The lowest BCUT2D eigenvalue weighted by Crippen LogP contribution is -2.25. The summed E-state index contributed by atoms with van der Waals surface area (Å²) < 4.78 is 31.5. The number of hydrogen-bond donors (Lipinski definition) is 2. The van der Waals surface area contributed by atoms with E-state index in [2.05, 4.69) is 4.72 Å². The first-order valence-electron chi connectivity index (χ1n) is 5.96. The van der Waals surface area contributed by atoms with E-state index < -0.39 is 10.0 Å². The molecule has 0 aliphatic rings. The van der Waals surface area contributed by atoms with Crippen LogP contribution in [0, 0.1) is 0 Å². The van der Waals surface area contributed by atoms with Crippen LogP contribution in [0.4, 0.5) is 0 Å². The average molecular weight is 337 g/mol. The Labute approximate surface area is 129 Å². The minimum Gasteiger partial charge on any atom is -0.389 e. The van der Waals surface area contributed by atoms with Crippen molar-refractivity contribution in [2.24, 2.45) is 5.73 Å². The zero-order valence-electron chi connectivity index (χ0n) is 11.1. The highest BCUT2D eigenvalue weighted by Crippen LogP contribution is 2.22. The number of halogens is 1. The van der Waals surface area contributed by atoms with Gasteiger partial charge in [0.1, 0.15) is 9.88 Å². The van der Waals surface area contributed by atoms with Crippen molar-refractivity contribution in [2.45, 2.75) is 17.7 Å². The number of benzene rings is 1. The van der Waals surface area contributed by atoms with Crippen LogP contribution in [0.1, 0.15) is 18.4 Å². The van der Waals surface area contributed by atoms with Gasteiger partial charge in [0.2, 0.25) is 10.0 Å². The number of unbranched alkanes of at least 4 members (excludes halogenated alkanes) is 1. The summed E-state index contributed by atoms with van der Waals surface area (Å²) in [5.41, 5.74) is 6.00. The van der Waals surface area contributed by atoms with Crippen molar-refractivity contribution in [3.05, 3.63) is 28.8 Å². The number of sulfonamides is 1. The third-order valence-electron chi connectivity index (χ3n) is 2.57. The highest BCUT2D eigenvalue weighted by molar-refractivity contribution is 7.89. The van der Waals surface area contributed by atoms with E-state index in [1.54, 1.807) is 7.11 Å². The van der Waals surface area contributed by atoms with E-state index in [4.69, 9.17) is 34.3 Å². The molecule has 1 rings (SSSR count). The Morgan fingerprint density at radius 3 is 2.70 bits per heavy atom. The largest absolute Gasteiger partial charge is 0.389 e. The summed E-state index contributed by atoms with van der Waals surface area (Å²) in [4.78, 5) is 0.189. The summed E-state index contributed by atoms with van der Waals surface area (Å²) in [6, 6.07) is 4.38. The third kappa shape index (κ3) is 4.99. The van der Waals surface area contributed by atoms with Gasteiger partial charge in [0.25, 0.3) is 0 Å². The number of hydrogen-bond acceptors (Lipinski definition) is 4. The topological polar surface area (TPSA) is 81.4 Å². The Hall–Kier alpha value is -0.730. The van der Waals surface area contributed by atoms with E-state index in [1.165, 1.54) is 18.2 Å². The molecule has 0 amide bonds. The van der Waals surface area contributed by atoms with Crippen molar-refractivity contribution < 1.29 is 13.2 Å². The van der Waals surface area contributed by atoms with Crippen molar-refractivity contribution in [3.63, 3.8) is 0 Å². The fourth-order valence-corrected chi connectivity index (χ4v) is 3.27. The first kappa shape index (κ1) is 17.3. The fraction of sp³-hybridized carbons (Fsp3) is 0.417. The molecule has 0 fully saturated rings. The third-order valence-corrected chi connectivity index (χ3v) is 4.75. The van der Waals surface area contributed by atoms with Crippen LogP contribution in [-0.2, 0) is 14.8 Å². The van der Waals surface area contributed by atoms with Crippen molar-refractivity contribution in [2.75, 3.05) is 20.3 Å². The molecule has 0 aliphatic carbocycles. The molecule has 1 aromatic rings. The fourth-order valence-electron chi connectivity index (χ4n) is 1.53. The molecule has 0 saturated carbocycles. The molecule has 0 aliphatic heterocycles. The predicted octanol–water partition coefficient (Wildman–Crippen LogP) is 1.68. The Balaban J connectivity index is 2.75. The lowest BCUT2D eigenvalue weighted by atomic mass is 10.2. The van der Waals surface area contributed by atoms with Gasteiger partial charge in [-0.1, -0.05) is 29.9 Å². The van der Waals surface area contributed by atoms with Crippen LogP contribution < -0.4 is 10.5 Å². The SMILES string of the molecule is COCCCCNS(=O)(=O)c1ccc(C(N)=S)cc1Cl. The van der Waals surface area contributed by atoms with Gasteiger partial charge in [0.05, 0.1) is 5.02 Å². The molecule has 20 heavy (non-hydrogen) atoms. The summed E-state index contributed by atoms with van der Waals surface area (Å²) in [6.45, 7) is 0.935.